The number of likely N-dealkylation sites (tertiary alicyclic amines) is 1. The quantitative estimate of drug-likeness (QED) is 0.631. The lowest BCUT2D eigenvalue weighted by Gasteiger charge is -2.18. The lowest BCUT2D eigenvalue weighted by atomic mass is 10.1. The molecule has 1 atom stereocenters. The average Bonchev–Trinajstić information content (AvgIpc) is 3.34. The highest BCUT2D eigenvalue weighted by Crippen LogP contribution is 2.35. The zero-order valence-electron chi connectivity index (χ0n) is 17.0. The number of carbonyl (C=O) groups excluding carboxylic acids is 3. The first kappa shape index (κ1) is 21.2. The number of amides is 3. The van der Waals surface area contributed by atoms with Crippen LogP contribution in [0.1, 0.15) is 38.7 Å². The molecule has 156 valence electrons. The highest BCUT2D eigenvalue weighted by molar-refractivity contribution is 8.18. The summed E-state index contributed by atoms with van der Waals surface area (Å²) in [4.78, 5) is 40.3. The molecule has 2 heterocycles. The van der Waals surface area contributed by atoms with E-state index in [1.165, 1.54) is 0 Å². The topological polar surface area (TPSA) is 76.2 Å². The van der Waals surface area contributed by atoms with Gasteiger partial charge in [-0.05, 0) is 61.7 Å². The molecule has 2 aliphatic rings. The highest BCUT2D eigenvalue weighted by atomic mass is 32.2. The fraction of sp³-hybridized carbons (Fsp3) is 0.476. The van der Waals surface area contributed by atoms with E-state index in [0.29, 0.717) is 29.5 Å². The van der Waals surface area contributed by atoms with Gasteiger partial charge in [0.05, 0.1) is 18.1 Å². The Kier molecular flexibility index (Phi) is 6.84. The van der Waals surface area contributed by atoms with Gasteiger partial charge in [-0.25, -0.2) is 0 Å². The van der Waals surface area contributed by atoms with Crippen molar-refractivity contribution in [2.45, 2.75) is 39.2 Å². The van der Waals surface area contributed by atoms with Crippen molar-refractivity contribution in [1.82, 2.24) is 9.80 Å². The number of ether oxygens (including phenoxy) is 2. The highest BCUT2D eigenvalue weighted by Gasteiger charge is 2.37. The Bertz CT molecular complexity index is 832. The molecule has 0 unspecified atom stereocenters. The van der Waals surface area contributed by atoms with Gasteiger partial charge in [0.1, 0.15) is 6.54 Å². The molecule has 3 rings (SSSR count). The molecule has 0 spiro atoms. The second-order valence-corrected chi connectivity index (χ2v) is 8.10. The van der Waals surface area contributed by atoms with E-state index in [1.807, 2.05) is 19.9 Å². The summed E-state index contributed by atoms with van der Waals surface area (Å²) in [5.41, 5.74) is 0.717. The van der Waals surface area contributed by atoms with E-state index in [0.717, 1.165) is 41.5 Å². The van der Waals surface area contributed by atoms with Gasteiger partial charge in [-0.3, -0.25) is 19.3 Å². The van der Waals surface area contributed by atoms with Gasteiger partial charge in [0.2, 0.25) is 5.91 Å². The molecular weight excluding hydrogens is 392 g/mol. The van der Waals surface area contributed by atoms with Crippen LogP contribution < -0.4 is 9.47 Å². The number of nitrogens with zero attached hydrogens (tertiary/aromatic N) is 2. The van der Waals surface area contributed by atoms with Gasteiger partial charge in [0.15, 0.2) is 11.5 Å². The van der Waals surface area contributed by atoms with Crippen LogP contribution in [-0.2, 0) is 9.59 Å². The number of hydrogen-bond acceptors (Lipinski definition) is 6. The van der Waals surface area contributed by atoms with Crippen molar-refractivity contribution >= 4 is 34.9 Å². The third-order valence-electron chi connectivity index (χ3n) is 5.01. The van der Waals surface area contributed by atoms with Crippen molar-refractivity contribution in [2.24, 2.45) is 0 Å². The lowest BCUT2D eigenvalue weighted by molar-refractivity contribution is -0.135. The van der Waals surface area contributed by atoms with Gasteiger partial charge in [0, 0.05) is 13.1 Å². The fourth-order valence-electron chi connectivity index (χ4n) is 3.16. The smallest absolute Gasteiger partial charge is 0.294 e. The van der Waals surface area contributed by atoms with Gasteiger partial charge >= 0.3 is 0 Å². The van der Waals surface area contributed by atoms with Crippen molar-refractivity contribution < 1.29 is 23.9 Å². The van der Waals surface area contributed by atoms with Gasteiger partial charge in [-0.2, -0.15) is 0 Å². The average molecular weight is 419 g/mol. The fourth-order valence-corrected chi connectivity index (χ4v) is 4.00. The van der Waals surface area contributed by atoms with E-state index in [1.54, 1.807) is 30.2 Å². The van der Waals surface area contributed by atoms with Crippen molar-refractivity contribution in [3.05, 3.63) is 28.7 Å². The molecule has 8 heteroatoms. The van der Waals surface area contributed by atoms with Crippen LogP contribution in [0.2, 0.25) is 0 Å². The minimum Gasteiger partial charge on any atom is -0.493 e. The van der Waals surface area contributed by atoms with Crippen LogP contribution in [0.25, 0.3) is 6.08 Å². The molecule has 0 saturated carbocycles. The summed E-state index contributed by atoms with van der Waals surface area (Å²) in [7, 11) is 1.56. The summed E-state index contributed by atoms with van der Waals surface area (Å²) in [6.45, 7) is 5.20. The summed E-state index contributed by atoms with van der Waals surface area (Å²) < 4.78 is 11.2. The van der Waals surface area contributed by atoms with E-state index < -0.39 is 11.1 Å². The van der Waals surface area contributed by atoms with E-state index in [-0.39, 0.29) is 18.6 Å². The van der Waals surface area contributed by atoms with E-state index in [2.05, 4.69) is 0 Å². The Morgan fingerprint density at radius 2 is 1.97 bits per heavy atom. The number of methoxy groups -OCH3 is 1. The predicted molar refractivity (Wildman–Crippen MR) is 112 cm³/mol. The monoisotopic (exact) mass is 418 g/mol. The number of imide groups is 1. The summed E-state index contributed by atoms with van der Waals surface area (Å²) >= 11 is 0.849. The molecule has 2 aliphatic heterocycles. The van der Waals surface area contributed by atoms with Gasteiger partial charge in [0.25, 0.3) is 11.1 Å². The first-order chi connectivity index (χ1) is 13.9. The molecule has 1 aromatic carbocycles. The van der Waals surface area contributed by atoms with Crippen LogP contribution in [0.3, 0.4) is 0 Å². The Labute approximate surface area is 175 Å². The van der Waals surface area contributed by atoms with Crippen molar-refractivity contribution in [3.63, 3.8) is 0 Å². The number of rotatable bonds is 7. The minimum absolute atomic E-state index is 0.0550. The van der Waals surface area contributed by atoms with Gasteiger partial charge in [-0.15, -0.1) is 0 Å². The number of thioether (sulfide) groups is 1. The molecule has 0 N–H and O–H groups in total. The van der Waals surface area contributed by atoms with Gasteiger partial charge < -0.3 is 14.4 Å². The van der Waals surface area contributed by atoms with Crippen molar-refractivity contribution in [3.8, 4) is 11.5 Å². The molecule has 29 heavy (non-hydrogen) atoms. The SMILES string of the molecule is CC[C@@H](C)Oc1ccc(/C=C2\SC(=O)N(CC(=O)N3CCCC3)C2=O)cc1OC. The molecule has 2 saturated heterocycles. The van der Waals surface area contributed by atoms with E-state index in [9.17, 15) is 14.4 Å². The molecule has 1 aromatic rings. The van der Waals surface area contributed by atoms with E-state index >= 15 is 0 Å². The number of carbonyl (C=O) groups is 3. The van der Waals surface area contributed by atoms with Crippen LogP contribution in [0.5, 0.6) is 11.5 Å². The van der Waals surface area contributed by atoms with E-state index in [4.69, 9.17) is 9.47 Å². The van der Waals surface area contributed by atoms with Crippen molar-refractivity contribution in [2.75, 3.05) is 26.7 Å². The third-order valence-corrected chi connectivity index (χ3v) is 5.92. The standard InChI is InChI=1S/C21H26N2O5S/c1-4-14(2)28-16-8-7-15(11-17(16)27-3)12-18-20(25)23(21(26)29-18)13-19(24)22-9-5-6-10-22/h7-8,11-12,14H,4-6,9-10,13H2,1-3H3/b18-12-/t14-/m1/s1. The van der Waals surface area contributed by atoms with Crippen LogP contribution in [0.15, 0.2) is 23.1 Å². The minimum atomic E-state index is -0.438. The van der Waals surface area contributed by atoms with Crippen LogP contribution in [0, 0.1) is 0 Å². The molecule has 2 fully saturated rings. The van der Waals surface area contributed by atoms with Crippen LogP contribution in [-0.4, -0.2) is 59.7 Å². The third kappa shape index (κ3) is 4.93. The molecule has 7 nitrogen and oxygen atoms in total. The summed E-state index contributed by atoms with van der Waals surface area (Å²) in [5.74, 6) is 0.566. The normalized spacial score (nSPS) is 19.2. The summed E-state index contributed by atoms with van der Waals surface area (Å²) in [6, 6.07) is 5.36. The Morgan fingerprint density at radius 1 is 1.24 bits per heavy atom. The summed E-state index contributed by atoms with van der Waals surface area (Å²) in [6.07, 6.45) is 4.49. The number of benzene rings is 1. The van der Waals surface area contributed by atoms with Crippen LogP contribution >= 0.6 is 11.8 Å². The Hall–Kier alpha value is -2.48. The molecule has 0 bridgehead atoms. The largest absolute Gasteiger partial charge is 0.493 e. The first-order valence-corrected chi connectivity index (χ1v) is 10.6. The zero-order chi connectivity index (χ0) is 21.0. The molecule has 0 aliphatic carbocycles. The maximum absolute atomic E-state index is 12.7. The molecule has 0 radical (unpaired) electrons. The molecule has 0 aromatic heterocycles. The predicted octanol–water partition coefficient (Wildman–Crippen LogP) is 3.53. The Morgan fingerprint density at radius 3 is 2.62 bits per heavy atom. The maximum atomic E-state index is 12.7. The number of hydrogen-bond donors (Lipinski definition) is 0. The molecule has 3 amide bonds. The Balaban J connectivity index is 1.73. The maximum Gasteiger partial charge on any atom is 0.294 e. The second kappa shape index (κ2) is 9.35. The lowest BCUT2D eigenvalue weighted by Crippen LogP contribution is -2.40. The first-order valence-electron chi connectivity index (χ1n) is 9.80. The van der Waals surface area contributed by atoms with Crippen LogP contribution in [0.4, 0.5) is 4.79 Å². The molecular formula is C21H26N2O5S. The summed E-state index contributed by atoms with van der Waals surface area (Å²) in [5, 5.41) is -0.419. The second-order valence-electron chi connectivity index (χ2n) is 7.10. The van der Waals surface area contributed by atoms with Gasteiger partial charge in [-0.1, -0.05) is 13.0 Å². The zero-order valence-corrected chi connectivity index (χ0v) is 17.8. The van der Waals surface area contributed by atoms with Crippen molar-refractivity contribution in [1.29, 1.82) is 0 Å².